The predicted molar refractivity (Wildman–Crippen MR) is 238 cm³/mol. The van der Waals surface area contributed by atoms with Crippen LogP contribution in [0.25, 0.3) is 120 Å². The minimum atomic E-state index is 0.638. The van der Waals surface area contributed by atoms with Gasteiger partial charge in [-0.3, -0.25) is 0 Å². The molecular weight excluding hydrogens is 715 g/mol. The molecule has 13 rings (SSSR count). The second-order valence-electron chi connectivity index (χ2n) is 14.8. The Hall–Kier alpha value is -7.41. The van der Waals surface area contributed by atoms with Crippen LogP contribution in [-0.4, -0.2) is 23.9 Å². The SMILES string of the molecule is c1ccc(-c2nc(-c3ccccc3)nc(-c3cc(-n4c5ccccc5c5cc6c7cccc8c9ccccc9n(c6cc54)c87)c4sc5ccccc5c4c3)n2)cc1. The zero-order chi connectivity index (χ0) is 37.2. The Bertz CT molecular complexity index is 3690. The summed E-state index contributed by atoms with van der Waals surface area (Å²) in [4.78, 5) is 15.4. The summed E-state index contributed by atoms with van der Waals surface area (Å²) in [5.41, 5.74) is 9.99. The van der Waals surface area contributed by atoms with Gasteiger partial charge in [0.1, 0.15) is 0 Å². The average Bonchev–Trinajstić information content (AvgIpc) is 4.02. The van der Waals surface area contributed by atoms with Gasteiger partial charge in [-0.25, -0.2) is 15.0 Å². The molecule has 5 heterocycles. The number of fused-ring (bicyclic) bond motifs is 12. The van der Waals surface area contributed by atoms with E-state index < -0.39 is 0 Å². The van der Waals surface area contributed by atoms with Crippen molar-refractivity contribution in [1.29, 1.82) is 0 Å². The predicted octanol–water partition coefficient (Wildman–Crippen LogP) is 13.5. The third-order valence-corrected chi connectivity index (χ3v) is 12.9. The smallest absolute Gasteiger partial charge is 0.164 e. The Morgan fingerprint density at radius 3 is 1.61 bits per heavy atom. The fraction of sp³-hybridized carbons (Fsp3) is 0. The van der Waals surface area contributed by atoms with Crippen molar-refractivity contribution in [2.24, 2.45) is 0 Å². The van der Waals surface area contributed by atoms with E-state index in [2.05, 4.69) is 148 Å². The molecule has 5 aromatic heterocycles. The van der Waals surface area contributed by atoms with Crippen LogP contribution >= 0.6 is 11.3 Å². The zero-order valence-corrected chi connectivity index (χ0v) is 31.2. The lowest BCUT2D eigenvalue weighted by atomic mass is 10.1. The minimum absolute atomic E-state index is 0.638. The fourth-order valence-corrected chi connectivity index (χ4v) is 10.4. The van der Waals surface area contributed by atoms with Crippen molar-refractivity contribution in [1.82, 2.24) is 23.9 Å². The molecule has 0 N–H and O–H groups in total. The van der Waals surface area contributed by atoms with Crippen molar-refractivity contribution >= 4 is 91.4 Å². The van der Waals surface area contributed by atoms with Gasteiger partial charge in [0.05, 0.1) is 38.0 Å². The van der Waals surface area contributed by atoms with Crippen LogP contribution in [-0.2, 0) is 0 Å². The van der Waals surface area contributed by atoms with Crippen LogP contribution in [0.1, 0.15) is 0 Å². The summed E-state index contributed by atoms with van der Waals surface area (Å²) in [6.07, 6.45) is 0. The Morgan fingerprint density at radius 1 is 0.351 bits per heavy atom. The van der Waals surface area contributed by atoms with E-state index in [1.807, 2.05) is 47.7 Å². The molecule has 0 spiro atoms. The number of rotatable bonds is 4. The Labute approximate surface area is 329 Å². The molecule has 0 atom stereocenters. The first-order valence-electron chi connectivity index (χ1n) is 19.2. The summed E-state index contributed by atoms with van der Waals surface area (Å²) < 4.78 is 7.43. The lowest BCUT2D eigenvalue weighted by molar-refractivity contribution is 1.07. The standard InChI is InChI=1S/C51H29N5S/c1-3-14-30(15-4-1)49-52-50(31-16-5-2-6-17-31)54-51(53-49)32-26-40-35-20-9-12-25-46(35)57-48(40)45(27-32)55-41-23-10-8-19-34(41)38-28-39-37-22-13-21-36-33-18-7-11-24-42(33)56(47(36)37)44(39)29-43(38)55/h1-29H. The number of para-hydroxylation sites is 3. The normalized spacial score (nSPS) is 12.2. The molecule has 0 saturated carbocycles. The van der Waals surface area contributed by atoms with Gasteiger partial charge >= 0.3 is 0 Å². The first-order chi connectivity index (χ1) is 28.3. The van der Waals surface area contributed by atoms with Gasteiger partial charge < -0.3 is 8.97 Å². The molecular formula is C51H29N5S. The van der Waals surface area contributed by atoms with Crippen molar-refractivity contribution in [3.8, 4) is 39.9 Å². The Morgan fingerprint density at radius 2 is 0.895 bits per heavy atom. The highest BCUT2D eigenvalue weighted by atomic mass is 32.1. The molecule has 0 unspecified atom stereocenters. The van der Waals surface area contributed by atoms with Crippen LogP contribution in [0.4, 0.5) is 0 Å². The molecule has 0 radical (unpaired) electrons. The number of hydrogen-bond acceptors (Lipinski definition) is 4. The molecule has 264 valence electrons. The molecule has 5 nitrogen and oxygen atoms in total. The van der Waals surface area contributed by atoms with E-state index in [9.17, 15) is 0 Å². The van der Waals surface area contributed by atoms with Gasteiger partial charge in [-0.05, 0) is 42.5 Å². The Balaban J connectivity index is 1.16. The number of aromatic nitrogens is 5. The van der Waals surface area contributed by atoms with E-state index in [4.69, 9.17) is 15.0 Å². The second kappa shape index (κ2) is 11.6. The molecule has 13 aromatic rings. The van der Waals surface area contributed by atoms with E-state index in [-0.39, 0.29) is 0 Å². The van der Waals surface area contributed by atoms with E-state index in [0.29, 0.717) is 17.5 Å². The van der Waals surface area contributed by atoms with Crippen LogP contribution < -0.4 is 0 Å². The van der Waals surface area contributed by atoms with Gasteiger partial charge in [0, 0.05) is 64.5 Å². The van der Waals surface area contributed by atoms with E-state index in [1.165, 1.54) is 69.0 Å². The zero-order valence-electron chi connectivity index (χ0n) is 30.4. The number of nitrogens with zero attached hydrogens (tertiary/aromatic N) is 5. The van der Waals surface area contributed by atoms with Gasteiger partial charge in [0.15, 0.2) is 17.5 Å². The maximum Gasteiger partial charge on any atom is 0.164 e. The third-order valence-electron chi connectivity index (χ3n) is 11.7. The molecule has 8 aromatic carbocycles. The molecule has 57 heavy (non-hydrogen) atoms. The third kappa shape index (κ3) is 4.36. The minimum Gasteiger partial charge on any atom is -0.308 e. The van der Waals surface area contributed by atoms with Crippen molar-refractivity contribution < 1.29 is 0 Å². The summed E-state index contributed by atoms with van der Waals surface area (Å²) in [6, 6.07) is 62.9. The van der Waals surface area contributed by atoms with Gasteiger partial charge in [0.25, 0.3) is 0 Å². The highest BCUT2D eigenvalue weighted by Gasteiger charge is 2.23. The molecule has 6 heteroatoms. The summed E-state index contributed by atoms with van der Waals surface area (Å²) >= 11 is 1.84. The summed E-state index contributed by atoms with van der Waals surface area (Å²) in [6.45, 7) is 0. The lowest BCUT2D eigenvalue weighted by Crippen LogP contribution is -2.01. The molecule has 0 bridgehead atoms. The molecule has 0 saturated heterocycles. The van der Waals surface area contributed by atoms with Crippen molar-refractivity contribution in [3.05, 3.63) is 176 Å². The van der Waals surface area contributed by atoms with Crippen molar-refractivity contribution in [2.75, 3.05) is 0 Å². The van der Waals surface area contributed by atoms with Crippen LogP contribution in [0.5, 0.6) is 0 Å². The van der Waals surface area contributed by atoms with E-state index >= 15 is 0 Å². The highest BCUT2D eigenvalue weighted by molar-refractivity contribution is 7.26. The van der Waals surface area contributed by atoms with Gasteiger partial charge in [-0.15, -0.1) is 11.3 Å². The largest absolute Gasteiger partial charge is 0.308 e. The maximum atomic E-state index is 5.20. The summed E-state index contributed by atoms with van der Waals surface area (Å²) in [5, 5.41) is 9.98. The monoisotopic (exact) mass is 743 g/mol. The molecule has 0 amide bonds. The van der Waals surface area contributed by atoms with Crippen LogP contribution in [0, 0.1) is 0 Å². The van der Waals surface area contributed by atoms with Gasteiger partial charge in [-0.2, -0.15) is 0 Å². The van der Waals surface area contributed by atoms with Gasteiger partial charge in [-0.1, -0.05) is 133 Å². The topological polar surface area (TPSA) is 48.0 Å². The number of hydrogen-bond donors (Lipinski definition) is 0. The van der Waals surface area contributed by atoms with Crippen molar-refractivity contribution in [2.45, 2.75) is 0 Å². The number of thiophene rings is 1. The quantitative estimate of drug-likeness (QED) is 0.180. The molecule has 0 aliphatic rings. The first-order valence-corrected chi connectivity index (χ1v) is 20.0. The van der Waals surface area contributed by atoms with Crippen LogP contribution in [0.2, 0.25) is 0 Å². The molecule has 0 aliphatic carbocycles. The highest BCUT2D eigenvalue weighted by Crippen LogP contribution is 2.46. The average molecular weight is 744 g/mol. The Kier molecular flexibility index (Phi) is 6.26. The molecule has 0 aliphatic heterocycles. The maximum absolute atomic E-state index is 5.20. The first kappa shape index (κ1) is 30.9. The molecule has 0 fully saturated rings. The number of benzene rings is 8. The fourth-order valence-electron chi connectivity index (χ4n) is 9.19. The summed E-state index contributed by atoms with van der Waals surface area (Å²) in [7, 11) is 0. The second-order valence-corrected chi connectivity index (χ2v) is 15.9. The van der Waals surface area contributed by atoms with Crippen LogP contribution in [0.3, 0.4) is 0 Å². The van der Waals surface area contributed by atoms with E-state index in [1.54, 1.807) is 0 Å². The van der Waals surface area contributed by atoms with E-state index in [0.717, 1.165) is 33.4 Å². The van der Waals surface area contributed by atoms with Crippen molar-refractivity contribution in [3.63, 3.8) is 0 Å². The summed E-state index contributed by atoms with van der Waals surface area (Å²) in [5.74, 6) is 1.93. The lowest BCUT2D eigenvalue weighted by Gasteiger charge is -2.13. The van der Waals surface area contributed by atoms with Gasteiger partial charge in [0.2, 0.25) is 0 Å². The van der Waals surface area contributed by atoms with Crippen LogP contribution in [0.15, 0.2) is 176 Å².